The average molecular weight is 410 g/mol. The lowest BCUT2D eigenvalue weighted by Gasteiger charge is -2.24. The Labute approximate surface area is 173 Å². The molecular weight excluding hydrogens is 386 g/mol. The van der Waals surface area contributed by atoms with Crippen LogP contribution in [0.5, 0.6) is 0 Å². The molecule has 0 N–H and O–H groups in total. The van der Waals surface area contributed by atoms with Crippen molar-refractivity contribution in [1.82, 2.24) is 14.7 Å². The fourth-order valence-corrected chi connectivity index (χ4v) is 5.21. The van der Waals surface area contributed by atoms with Crippen LogP contribution < -0.4 is 0 Å². The summed E-state index contributed by atoms with van der Waals surface area (Å²) >= 11 is 1.76. The summed E-state index contributed by atoms with van der Waals surface area (Å²) in [6.07, 6.45) is 3.73. The molecule has 1 atom stereocenters. The number of furan rings is 1. The Balaban J connectivity index is 1.49. The number of amides is 1. The number of hydrogen-bond acceptors (Lipinski definition) is 5. The van der Waals surface area contributed by atoms with E-state index >= 15 is 0 Å². The summed E-state index contributed by atoms with van der Waals surface area (Å²) in [5.74, 6) is 1.45. The molecule has 0 aliphatic carbocycles. The van der Waals surface area contributed by atoms with E-state index in [4.69, 9.17) is 9.15 Å². The smallest absolute Gasteiger partial charge is 0.275 e. The molecule has 2 aliphatic rings. The molecule has 1 saturated heterocycles. The predicted molar refractivity (Wildman–Crippen MR) is 111 cm³/mol. The minimum absolute atomic E-state index is 0.0614. The highest BCUT2D eigenvalue weighted by atomic mass is 32.2. The van der Waals surface area contributed by atoms with E-state index in [1.807, 2.05) is 40.9 Å². The molecule has 0 unspecified atom stereocenters. The number of carbonyl (C=O) groups is 1. The van der Waals surface area contributed by atoms with Crippen molar-refractivity contribution in [3.05, 3.63) is 59.7 Å². The van der Waals surface area contributed by atoms with Crippen LogP contribution in [0.15, 0.2) is 52.0 Å². The van der Waals surface area contributed by atoms with Crippen LogP contribution in [0.1, 0.15) is 34.7 Å². The number of carbonyl (C=O) groups excluding carboxylic acids is 1. The molecule has 2 aliphatic heterocycles. The van der Waals surface area contributed by atoms with Crippen molar-refractivity contribution in [2.45, 2.75) is 36.1 Å². The molecule has 2 aromatic heterocycles. The van der Waals surface area contributed by atoms with Gasteiger partial charge in [0.2, 0.25) is 0 Å². The largest absolute Gasteiger partial charge is 0.467 e. The molecule has 0 spiro atoms. The monoisotopic (exact) mass is 409 g/mol. The van der Waals surface area contributed by atoms with Gasteiger partial charge in [-0.05, 0) is 31.0 Å². The van der Waals surface area contributed by atoms with Crippen molar-refractivity contribution in [2.75, 3.05) is 13.2 Å². The Morgan fingerprint density at radius 3 is 3.00 bits per heavy atom. The molecule has 0 radical (unpaired) electrons. The zero-order valence-electron chi connectivity index (χ0n) is 16.3. The third kappa shape index (κ3) is 3.49. The van der Waals surface area contributed by atoms with E-state index in [0.717, 1.165) is 47.8 Å². The van der Waals surface area contributed by atoms with Gasteiger partial charge in [-0.2, -0.15) is 5.10 Å². The second-order valence-corrected chi connectivity index (χ2v) is 8.50. The van der Waals surface area contributed by atoms with Crippen LogP contribution in [0, 0.1) is 0 Å². The number of fused-ring (bicyclic) bond motifs is 3. The summed E-state index contributed by atoms with van der Waals surface area (Å²) in [5, 5.41) is 4.66. The molecule has 1 aromatic carbocycles. The summed E-state index contributed by atoms with van der Waals surface area (Å²) in [4.78, 5) is 16.7. The second kappa shape index (κ2) is 7.72. The molecule has 0 saturated carbocycles. The fourth-order valence-electron chi connectivity index (χ4n) is 4.15. The standard InChI is InChI=1S/C22H23N3O3S/c1-24-21-17-8-2-3-9-19(17)29-14-18(21)20(23-24)22(26)25(12-15-6-4-10-27-15)13-16-7-5-11-28-16/h2-4,6,8-10,16H,5,7,11-14H2,1H3/t16-/m0/s1. The van der Waals surface area contributed by atoms with Gasteiger partial charge in [0, 0.05) is 42.0 Å². The molecule has 29 heavy (non-hydrogen) atoms. The van der Waals surface area contributed by atoms with E-state index in [1.54, 1.807) is 18.0 Å². The van der Waals surface area contributed by atoms with E-state index in [1.165, 1.54) is 4.90 Å². The summed E-state index contributed by atoms with van der Waals surface area (Å²) < 4.78 is 13.2. The maximum absolute atomic E-state index is 13.6. The minimum Gasteiger partial charge on any atom is -0.467 e. The maximum atomic E-state index is 13.6. The first-order valence-electron chi connectivity index (χ1n) is 9.92. The zero-order chi connectivity index (χ0) is 19.8. The van der Waals surface area contributed by atoms with Gasteiger partial charge in [0.1, 0.15) is 5.76 Å². The van der Waals surface area contributed by atoms with Crippen LogP contribution in [-0.2, 0) is 24.1 Å². The molecular formula is C22H23N3O3S. The van der Waals surface area contributed by atoms with Crippen LogP contribution in [0.2, 0.25) is 0 Å². The number of aromatic nitrogens is 2. The van der Waals surface area contributed by atoms with Gasteiger partial charge in [0.25, 0.3) is 5.91 Å². The van der Waals surface area contributed by atoms with Gasteiger partial charge < -0.3 is 14.1 Å². The van der Waals surface area contributed by atoms with E-state index in [-0.39, 0.29) is 12.0 Å². The molecule has 1 amide bonds. The molecule has 5 rings (SSSR count). The highest BCUT2D eigenvalue weighted by Gasteiger charge is 2.31. The van der Waals surface area contributed by atoms with Crippen LogP contribution in [0.3, 0.4) is 0 Å². The molecule has 1 fully saturated rings. The van der Waals surface area contributed by atoms with Gasteiger partial charge in [0.15, 0.2) is 5.69 Å². The number of ether oxygens (including phenoxy) is 1. The van der Waals surface area contributed by atoms with Crippen molar-refractivity contribution in [3.63, 3.8) is 0 Å². The van der Waals surface area contributed by atoms with Gasteiger partial charge in [0.05, 0.1) is 24.6 Å². The summed E-state index contributed by atoms with van der Waals surface area (Å²) in [6, 6.07) is 12.0. The molecule has 150 valence electrons. The molecule has 6 nitrogen and oxygen atoms in total. The molecule has 7 heteroatoms. The third-order valence-electron chi connectivity index (χ3n) is 5.52. The first-order valence-corrected chi connectivity index (χ1v) is 10.9. The van der Waals surface area contributed by atoms with Gasteiger partial charge in [-0.15, -0.1) is 11.8 Å². The molecule has 0 bridgehead atoms. The summed E-state index contributed by atoms with van der Waals surface area (Å²) in [7, 11) is 1.92. The number of rotatable bonds is 5. The Hall–Kier alpha value is -2.51. The van der Waals surface area contributed by atoms with Crippen molar-refractivity contribution >= 4 is 17.7 Å². The van der Waals surface area contributed by atoms with Crippen molar-refractivity contribution < 1.29 is 13.9 Å². The van der Waals surface area contributed by atoms with Crippen LogP contribution in [-0.4, -0.2) is 39.8 Å². The summed E-state index contributed by atoms with van der Waals surface area (Å²) in [6.45, 7) is 1.73. The maximum Gasteiger partial charge on any atom is 0.275 e. The normalized spacial score (nSPS) is 17.8. The number of nitrogens with zero attached hydrogens (tertiary/aromatic N) is 3. The lowest BCUT2D eigenvalue weighted by Crippen LogP contribution is -2.37. The lowest BCUT2D eigenvalue weighted by molar-refractivity contribution is 0.0486. The average Bonchev–Trinajstić information content (AvgIpc) is 3.49. The first-order chi connectivity index (χ1) is 14.2. The first kappa shape index (κ1) is 18.5. The topological polar surface area (TPSA) is 60.5 Å². The Morgan fingerprint density at radius 1 is 1.31 bits per heavy atom. The highest BCUT2D eigenvalue weighted by Crippen LogP contribution is 2.42. The van der Waals surface area contributed by atoms with Crippen LogP contribution in [0.25, 0.3) is 11.3 Å². The van der Waals surface area contributed by atoms with E-state index in [9.17, 15) is 4.79 Å². The lowest BCUT2D eigenvalue weighted by atomic mass is 10.1. The van der Waals surface area contributed by atoms with Gasteiger partial charge in [-0.3, -0.25) is 9.48 Å². The fraction of sp³-hybridized carbons (Fsp3) is 0.364. The van der Waals surface area contributed by atoms with E-state index < -0.39 is 0 Å². The second-order valence-electron chi connectivity index (χ2n) is 7.48. The number of benzene rings is 1. The molecule has 3 aromatic rings. The number of thioether (sulfide) groups is 1. The SMILES string of the molecule is Cn1nc(C(=O)N(Cc2ccco2)C[C@@H]2CCCO2)c2c1-c1ccccc1SC2. The summed E-state index contributed by atoms with van der Waals surface area (Å²) in [5.41, 5.74) is 3.73. The van der Waals surface area contributed by atoms with E-state index in [2.05, 4.69) is 17.2 Å². The van der Waals surface area contributed by atoms with Crippen LogP contribution >= 0.6 is 11.8 Å². The Morgan fingerprint density at radius 2 is 2.21 bits per heavy atom. The van der Waals surface area contributed by atoms with Crippen molar-refractivity contribution in [3.8, 4) is 11.3 Å². The number of aryl methyl sites for hydroxylation is 1. The Kier molecular flexibility index (Phi) is 4.93. The van der Waals surface area contributed by atoms with E-state index in [0.29, 0.717) is 18.8 Å². The highest BCUT2D eigenvalue weighted by molar-refractivity contribution is 7.98. The van der Waals surface area contributed by atoms with Crippen LogP contribution in [0.4, 0.5) is 0 Å². The van der Waals surface area contributed by atoms with Crippen molar-refractivity contribution in [1.29, 1.82) is 0 Å². The Bertz CT molecular complexity index is 1020. The number of hydrogen-bond donors (Lipinski definition) is 0. The third-order valence-corrected chi connectivity index (χ3v) is 6.62. The van der Waals surface area contributed by atoms with Crippen molar-refractivity contribution in [2.24, 2.45) is 7.05 Å². The molecule has 4 heterocycles. The van der Waals surface area contributed by atoms with Gasteiger partial charge >= 0.3 is 0 Å². The van der Waals surface area contributed by atoms with Gasteiger partial charge in [-0.25, -0.2) is 0 Å². The predicted octanol–water partition coefficient (Wildman–Crippen LogP) is 4.11. The zero-order valence-corrected chi connectivity index (χ0v) is 17.2. The quantitative estimate of drug-likeness (QED) is 0.635. The minimum atomic E-state index is -0.0614. The van der Waals surface area contributed by atoms with Gasteiger partial charge in [-0.1, -0.05) is 18.2 Å².